The first-order valence-corrected chi connectivity index (χ1v) is 7.06. The van der Waals surface area contributed by atoms with Gasteiger partial charge in [-0.1, -0.05) is 6.07 Å². The zero-order valence-corrected chi connectivity index (χ0v) is 11.7. The molecule has 2 atom stereocenters. The van der Waals surface area contributed by atoms with Crippen LogP contribution in [-0.4, -0.2) is 23.8 Å². The quantitative estimate of drug-likeness (QED) is 0.775. The Labute approximate surface area is 118 Å². The van der Waals surface area contributed by atoms with Crippen LogP contribution in [0.5, 0.6) is 0 Å². The third-order valence-corrected chi connectivity index (χ3v) is 3.66. The zero-order valence-electron chi connectivity index (χ0n) is 11.7. The Kier molecular flexibility index (Phi) is 4.95. The van der Waals surface area contributed by atoms with Crippen LogP contribution >= 0.6 is 0 Å². The molecule has 0 bridgehead atoms. The van der Waals surface area contributed by atoms with Crippen LogP contribution in [-0.2, 0) is 6.42 Å². The first-order valence-electron chi connectivity index (χ1n) is 7.06. The van der Waals surface area contributed by atoms with Gasteiger partial charge in [0, 0.05) is 12.6 Å². The Morgan fingerprint density at radius 1 is 1.55 bits per heavy atom. The molecule has 0 radical (unpaired) electrons. The SMILES string of the molecule is CC(CCCO)NC(=O)NC1CCc2ccc(F)cc21. The van der Waals surface area contributed by atoms with Gasteiger partial charge in [0.05, 0.1) is 6.04 Å². The van der Waals surface area contributed by atoms with Gasteiger partial charge in [0.2, 0.25) is 0 Å². The van der Waals surface area contributed by atoms with Gasteiger partial charge in [-0.25, -0.2) is 9.18 Å². The van der Waals surface area contributed by atoms with Crippen LogP contribution < -0.4 is 10.6 Å². The number of hydrogen-bond acceptors (Lipinski definition) is 2. The standard InChI is InChI=1S/C15H21FN2O2/c1-10(3-2-8-19)17-15(20)18-14-7-5-11-4-6-12(16)9-13(11)14/h4,6,9-10,14,19H,2-3,5,7-8H2,1H3,(H2,17,18,20). The molecule has 4 nitrogen and oxygen atoms in total. The molecule has 2 amide bonds. The van der Waals surface area contributed by atoms with Gasteiger partial charge < -0.3 is 15.7 Å². The highest BCUT2D eigenvalue weighted by Gasteiger charge is 2.24. The number of aliphatic hydroxyl groups excluding tert-OH is 1. The molecule has 2 rings (SSSR count). The van der Waals surface area contributed by atoms with Gasteiger partial charge in [0.1, 0.15) is 5.82 Å². The molecule has 0 spiro atoms. The van der Waals surface area contributed by atoms with Gasteiger partial charge in [-0.05, 0) is 55.9 Å². The molecule has 1 aliphatic carbocycles. The molecular weight excluding hydrogens is 259 g/mol. The molecule has 0 saturated heterocycles. The van der Waals surface area contributed by atoms with E-state index < -0.39 is 0 Å². The van der Waals surface area contributed by atoms with Gasteiger partial charge in [0.15, 0.2) is 0 Å². The maximum absolute atomic E-state index is 13.3. The van der Waals surface area contributed by atoms with E-state index in [2.05, 4.69) is 10.6 Å². The third kappa shape index (κ3) is 3.70. The van der Waals surface area contributed by atoms with E-state index in [0.717, 1.165) is 30.4 Å². The Morgan fingerprint density at radius 2 is 2.35 bits per heavy atom. The predicted molar refractivity (Wildman–Crippen MR) is 74.9 cm³/mol. The van der Waals surface area contributed by atoms with Crippen molar-refractivity contribution < 1.29 is 14.3 Å². The maximum Gasteiger partial charge on any atom is 0.315 e. The summed E-state index contributed by atoms with van der Waals surface area (Å²) in [5.74, 6) is -0.269. The minimum atomic E-state index is -0.269. The molecule has 0 saturated carbocycles. The fraction of sp³-hybridized carbons (Fsp3) is 0.533. The van der Waals surface area contributed by atoms with Crippen LogP contribution in [0.4, 0.5) is 9.18 Å². The summed E-state index contributed by atoms with van der Waals surface area (Å²) in [5.41, 5.74) is 1.98. The second kappa shape index (κ2) is 6.70. The number of fused-ring (bicyclic) bond motifs is 1. The molecule has 20 heavy (non-hydrogen) atoms. The molecule has 0 fully saturated rings. The summed E-state index contributed by atoms with van der Waals surface area (Å²) in [7, 11) is 0. The highest BCUT2D eigenvalue weighted by molar-refractivity contribution is 5.75. The lowest BCUT2D eigenvalue weighted by Crippen LogP contribution is -2.42. The summed E-state index contributed by atoms with van der Waals surface area (Å²) in [6.45, 7) is 2.03. The van der Waals surface area contributed by atoms with Crippen molar-refractivity contribution in [2.24, 2.45) is 0 Å². The van der Waals surface area contributed by atoms with E-state index in [1.165, 1.54) is 12.1 Å². The third-order valence-electron chi connectivity index (χ3n) is 3.66. The molecule has 2 unspecified atom stereocenters. The smallest absolute Gasteiger partial charge is 0.315 e. The second-order valence-corrected chi connectivity index (χ2v) is 5.32. The number of urea groups is 1. The van der Waals surface area contributed by atoms with Crippen LogP contribution in [0.1, 0.15) is 43.4 Å². The molecule has 1 aromatic carbocycles. The van der Waals surface area contributed by atoms with Crippen molar-refractivity contribution in [2.75, 3.05) is 6.61 Å². The number of halogens is 1. The number of amides is 2. The van der Waals surface area contributed by atoms with E-state index in [4.69, 9.17) is 5.11 Å². The largest absolute Gasteiger partial charge is 0.396 e. The zero-order chi connectivity index (χ0) is 14.5. The molecule has 1 aromatic rings. The molecule has 0 aromatic heterocycles. The number of carbonyl (C=O) groups excluding carboxylic acids is 1. The van der Waals surface area contributed by atoms with Crippen molar-refractivity contribution in [3.05, 3.63) is 35.1 Å². The lowest BCUT2D eigenvalue weighted by molar-refractivity contribution is 0.230. The number of benzene rings is 1. The predicted octanol–water partition coefficient (Wildman–Crippen LogP) is 2.27. The Balaban J connectivity index is 1.89. The number of hydrogen-bond donors (Lipinski definition) is 3. The van der Waals surface area contributed by atoms with Gasteiger partial charge in [-0.15, -0.1) is 0 Å². The molecule has 0 aliphatic heterocycles. The van der Waals surface area contributed by atoms with E-state index in [-0.39, 0.29) is 30.5 Å². The van der Waals surface area contributed by atoms with Crippen molar-refractivity contribution in [2.45, 2.75) is 44.7 Å². The van der Waals surface area contributed by atoms with Crippen LogP contribution in [0.25, 0.3) is 0 Å². The lowest BCUT2D eigenvalue weighted by Gasteiger charge is -2.18. The molecule has 0 heterocycles. The maximum atomic E-state index is 13.3. The van der Waals surface area contributed by atoms with Crippen LogP contribution in [0, 0.1) is 5.82 Å². The first kappa shape index (κ1) is 14.8. The summed E-state index contributed by atoms with van der Waals surface area (Å²) < 4.78 is 13.3. The summed E-state index contributed by atoms with van der Waals surface area (Å²) in [4.78, 5) is 11.9. The number of nitrogens with one attached hydrogen (secondary N) is 2. The minimum absolute atomic E-state index is 0.00975. The van der Waals surface area contributed by atoms with Crippen molar-refractivity contribution in [3.8, 4) is 0 Å². The average Bonchev–Trinajstić information content (AvgIpc) is 2.79. The van der Waals surface area contributed by atoms with Crippen molar-refractivity contribution in [3.63, 3.8) is 0 Å². The fourth-order valence-electron chi connectivity index (χ4n) is 2.62. The lowest BCUT2D eigenvalue weighted by atomic mass is 10.1. The van der Waals surface area contributed by atoms with E-state index in [0.29, 0.717) is 6.42 Å². The van der Waals surface area contributed by atoms with E-state index in [1.807, 2.05) is 6.92 Å². The normalized spacial score (nSPS) is 18.4. The van der Waals surface area contributed by atoms with Gasteiger partial charge >= 0.3 is 6.03 Å². The van der Waals surface area contributed by atoms with Crippen molar-refractivity contribution >= 4 is 6.03 Å². The van der Waals surface area contributed by atoms with Gasteiger partial charge in [-0.2, -0.15) is 0 Å². The number of aryl methyl sites for hydroxylation is 1. The summed E-state index contributed by atoms with van der Waals surface area (Å²) in [5, 5.41) is 14.5. The Hall–Kier alpha value is -1.62. The van der Waals surface area contributed by atoms with Gasteiger partial charge in [0.25, 0.3) is 0 Å². The number of aliphatic hydroxyl groups is 1. The van der Waals surface area contributed by atoms with E-state index in [1.54, 1.807) is 6.07 Å². The second-order valence-electron chi connectivity index (χ2n) is 5.32. The highest BCUT2D eigenvalue weighted by Crippen LogP contribution is 2.31. The van der Waals surface area contributed by atoms with E-state index in [9.17, 15) is 9.18 Å². The first-order chi connectivity index (χ1) is 9.60. The molecule has 110 valence electrons. The molecular formula is C15H21FN2O2. The summed E-state index contributed by atoms with van der Waals surface area (Å²) in [6, 6.07) is 4.40. The monoisotopic (exact) mass is 280 g/mol. The fourth-order valence-corrected chi connectivity index (χ4v) is 2.62. The van der Waals surface area contributed by atoms with Crippen LogP contribution in [0.3, 0.4) is 0 Å². The molecule has 5 heteroatoms. The topological polar surface area (TPSA) is 61.4 Å². The average molecular weight is 280 g/mol. The molecule has 1 aliphatic rings. The van der Waals surface area contributed by atoms with Crippen LogP contribution in [0.2, 0.25) is 0 Å². The highest BCUT2D eigenvalue weighted by atomic mass is 19.1. The number of rotatable bonds is 5. The van der Waals surface area contributed by atoms with Crippen molar-refractivity contribution in [1.82, 2.24) is 10.6 Å². The van der Waals surface area contributed by atoms with Gasteiger partial charge in [-0.3, -0.25) is 0 Å². The van der Waals surface area contributed by atoms with E-state index >= 15 is 0 Å². The molecule has 3 N–H and O–H groups in total. The Bertz CT molecular complexity index is 479. The minimum Gasteiger partial charge on any atom is -0.396 e. The number of carbonyl (C=O) groups is 1. The Morgan fingerprint density at radius 3 is 3.10 bits per heavy atom. The van der Waals surface area contributed by atoms with Crippen molar-refractivity contribution in [1.29, 1.82) is 0 Å². The summed E-state index contributed by atoms with van der Waals surface area (Å²) >= 11 is 0. The van der Waals surface area contributed by atoms with Crippen LogP contribution in [0.15, 0.2) is 18.2 Å². The summed E-state index contributed by atoms with van der Waals surface area (Å²) in [6.07, 6.45) is 3.07.